The molecule has 2 heterocycles. The van der Waals surface area contributed by atoms with Gasteiger partial charge in [-0.1, -0.05) is 6.07 Å². The molecule has 0 saturated carbocycles. The average molecular weight is 402 g/mol. The number of halogens is 2. The second-order valence-electron chi connectivity index (χ2n) is 6.77. The van der Waals surface area contributed by atoms with E-state index in [0.717, 1.165) is 10.5 Å². The van der Waals surface area contributed by atoms with E-state index in [4.69, 9.17) is 4.74 Å². The lowest BCUT2D eigenvalue weighted by Crippen LogP contribution is -2.45. The Morgan fingerprint density at radius 1 is 1.42 bits per heavy atom. The minimum atomic E-state index is -1.26. The van der Waals surface area contributed by atoms with Gasteiger partial charge in [0.2, 0.25) is 5.91 Å². The van der Waals surface area contributed by atoms with E-state index in [2.05, 4.69) is 26.2 Å². The van der Waals surface area contributed by atoms with Crippen LogP contribution in [0.15, 0.2) is 16.7 Å². The Hall–Kier alpha value is -1.70. The van der Waals surface area contributed by atoms with Crippen molar-refractivity contribution in [2.45, 2.75) is 51.9 Å². The van der Waals surface area contributed by atoms with Crippen molar-refractivity contribution in [3.05, 3.63) is 22.3 Å². The number of rotatable bonds is 2. The number of nitrogens with zero attached hydrogens (tertiary/aromatic N) is 2. The van der Waals surface area contributed by atoms with Crippen LogP contribution in [0.3, 0.4) is 0 Å². The van der Waals surface area contributed by atoms with E-state index >= 15 is 0 Å². The highest BCUT2D eigenvalue weighted by Crippen LogP contribution is 2.24. The summed E-state index contributed by atoms with van der Waals surface area (Å²) in [4.78, 5) is 30.0. The molecular weight excluding hydrogens is 381 g/mol. The van der Waals surface area contributed by atoms with Gasteiger partial charge >= 0.3 is 6.09 Å². The number of aromatic nitrogens is 1. The molecule has 0 unspecified atom stereocenters. The lowest BCUT2D eigenvalue weighted by molar-refractivity contribution is -0.120. The SMILES string of the molecule is Cc1ccc(NC(=O)[C@@H]2C[C@@H](F)CN2C(=O)OC(C)(C)C)nc1Br. The first-order valence-corrected chi connectivity index (χ1v) is 8.44. The second kappa shape index (κ2) is 7.04. The minimum Gasteiger partial charge on any atom is -0.444 e. The summed E-state index contributed by atoms with van der Waals surface area (Å²) in [5, 5.41) is 2.62. The molecule has 0 aliphatic carbocycles. The Balaban J connectivity index is 2.10. The van der Waals surface area contributed by atoms with Crippen LogP contribution >= 0.6 is 15.9 Å². The highest BCUT2D eigenvalue weighted by atomic mass is 79.9. The zero-order valence-corrected chi connectivity index (χ0v) is 15.7. The molecule has 1 aliphatic rings. The number of hydrogen-bond donors (Lipinski definition) is 1. The maximum Gasteiger partial charge on any atom is 0.411 e. The molecule has 1 saturated heterocycles. The first kappa shape index (κ1) is 18.6. The number of carbonyl (C=O) groups excluding carboxylic acids is 2. The standard InChI is InChI=1S/C16H21BrFN3O3/c1-9-5-6-12(19-13(9)17)20-14(22)11-7-10(18)8-21(11)15(23)24-16(2,3)4/h5-6,10-11H,7-8H2,1-4H3,(H,19,20,22)/t10-,11+/m1/s1. The number of nitrogens with one attached hydrogen (secondary N) is 1. The maximum absolute atomic E-state index is 13.8. The predicted molar refractivity (Wildman–Crippen MR) is 91.5 cm³/mol. The Morgan fingerprint density at radius 3 is 2.67 bits per heavy atom. The maximum atomic E-state index is 13.8. The number of hydrogen-bond acceptors (Lipinski definition) is 4. The van der Waals surface area contributed by atoms with Crippen LogP contribution in [0.2, 0.25) is 0 Å². The average Bonchev–Trinajstić information content (AvgIpc) is 2.83. The molecule has 24 heavy (non-hydrogen) atoms. The van der Waals surface area contributed by atoms with Crippen molar-refractivity contribution in [2.24, 2.45) is 0 Å². The number of aryl methyl sites for hydroxylation is 1. The smallest absolute Gasteiger partial charge is 0.411 e. The van der Waals surface area contributed by atoms with Crippen LogP contribution in [0.1, 0.15) is 32.8 Å². The molecule has 1 aromatic heterocycles. The third-order valence-electron chi connectivity index (χ3n) is 3.47. The van der Waals surface area contributed by atoms with E-state index in [0.29, 0.717) is 10.4 Å². The third kappa shape index (κ3) is 4.66. The van der Waals surface area contributed by atoms with Gasteiger partial charge in [-0.05, 0) is 55.3 Å². The van der Waals surface area contributed by atoms with Crippen LogP contribution in [0, 0.1) is 6.92 Å². The molecule has 1 aromatic rings. The molecule has 0 radical (unpaired) electrons. The Bertz CT molecular complexity index is 648. The number of ether oxygens (including phenoxy) is 1. The topological polar surface area (TPSA) is 71.5 Å². The third-order valence-corrected chi connectivity index (χ3v) is 4.27. The van der Waals surface area contributed by atoms with Crippen molar-refractivity contribution in [3.8, 4) is 0 Å². The van der Waals surface area contributed by atoms with Crippen LogP contribution < -0.4 is 5.32 Å². The Kier molecular flexibility index (Phi) is 5.47. The van der Waals surface area contributed by atoms with Crippen LogP contribution in [0.25, 0.3) is 0 Å². The van der Waals surface area contributed by atoms with Gasteiger partial charge in [0, 0.05) is 6.42 Å². The zero-order valence-electron chi connectivity index (χ0n) is 14.1. The largest absolute Gasteiger partial charge is 0.444 e. The fourth-order valence-corrected chi connectivity index (χ4v) is 2.66. The van der Waals surface area contributed by atoms with E-state index in [9.17, 15) is 14.0 Å². The predicted octanol–water partition coefficient (Wildman–Crippen LogP) is 3.44. The van der Waals surface area contributed by atoms with E-state index in [1.54, 1.807) is 32.9 Å². The van der Waals surface area contributed by atoms with E-state index in [-0.39, 0.29) is 13.0 Å². The van der Waals surface area contributed by atoms with Gasteiger partial charge in [-0.3, -0.25) is 9.69 Å². The highest BCUT2D eigenvalue weighted by molar-refractivity contribution is 9.10. The number of carbonyl (C=O) groups is 2. The van der Waals surface area contributed by atoms with Crippen LogP contribution in [-0.2, 0) is 9.53 Å². The molecule has 0 aromatic carbocycles. The van der Waals surface area contributed by atoms with Gasteiger partial charge in [0.05, 0.1) is 6.54 Å². The molecule has 0 bridgehead atoms. The van der Waals surface area contributed by atoms with Crippen molar-refractivity contribution < 1.29 is 18.7 Å². The van der Waals surface area contributed by atoms with Crippen LogP contribution in [-0.4, -0.2) is 46.2 Å². The number of anilines is 1. The van der Waals surface area contributed by atoms with Crippen LogP contribution in [0.4, 0.5) is 15.0 Å². The van der Waals surface area contributed by atoms with Gasteiger partial charge in [-0.2, -0.15) is 0 Å². The summed E-state index contributed by atoms with van der Waals surface area (Å²) in [5.41, 5.74) is 0.212. The molecule has 8 heteroatoms. The molecule has 2 atom stereocenters. The molecule has 0 spiro atoms. The summed E-state index contributed by atoms with van der Waals surface area (Å²) >= 11 is 3.29. The zero-order chi connectivity index (χ0) is 18.1. The molecule has 1 N–H and O–H groups in total. The van der Waals surface area contributed by atoms with E-state index in [1.165, 1.54) is 0 Å². The fraction of sp³-hybridized carbons (Fsp3) is 0.562. The number of amides is 2. The lowest BCUT2D eigenvalue weighted by Gasteiger charge is -2.27. The first-order valence-electron chi connectivity index (χ1n) is 7.64. The molecule has 6 nitrogen and oxygen atoms in total. The van der Waals surface area contributed by atoms with E-state index in [1.807, 2.05) is 6.92 Å². The summed E-state index contributed by atoms with van der Waals surface area (Å²) in [6, 6.07) is 2.53. The molecule has 1 fully saturated rings. The van der Waals surface area contributed by atoms with Crippen LogP contribution in [0.5, 0.6) is 0 Å². The van der Waals surface area contributed by atoms with Crippen molar-refractivity contribution in [1.82, 2.24) is 9.88 Å². The summed E-state index contributed by atoms with van der Waals surface area (Å²) in [6.07, 6.45) is -2.01. The van der Waals surface area contributed by atoms with Gasteiger partial charge in [-0.25, -0.2) is 14.2 Å². The molecule has 1 aliphatic heterocycles. The minimum absolute atomic E-state index is 0.0574. The number of pyridine rings is 1. The lowest BCUT2D eigenvalue weighted by atomic mass is 10.2. The van der Waals surface area contributed by atoms with Crippen molar-refractivity contribution in [2.75, 3.05) is 11.9 Å². The van der Waals surface area contributed by atoms with Gasteiger partial charge in [0.15, 0.2) is 0 Å². The monoisotopic (exact) mass is 401 g/mol. The first-order chi connectivity index (χ1) is 11.1. The summed E-state index contributed by atoms with van der Waals surface area (Å²) in [6.45, 7) is 6.87. The summed E-state index contributed by atoms with van der Waals surface area (Å²) in [7, 11) is 0. The van der Waals surface area contributed by atoms with Gasteiger partial charge in [-0.15, -0.1) is 0 Å². The molecular formula is C16H21BrFN3O3. The van der Waals surface area contributed by atoms with Crippen molar-refractivity contribution >= 4 is 33.7 Å². The summed E-state index contributed by atoms with van der Waals surface area (Å²) < 4.78 is 19.6. The van der Waals surface area contributed by atoms with Crippen molar-refractivity contribution in [3.63, 3.8) is 0 Å². The molecule has 2 amide bonds. The quantitative estimate of drug-likeness (QED) is 0.770. The summed E-state index contributed by atoms with van der Waals surface area (Å²) in [5.74, 6) is -0.145. The number of alkyl halides is 1. The van der Waals surface area contributed by atoms with Crippen molar-refractivity contribution in [1.29, 1.82) is 0 Å². The number of likely N-dealkylation sites (tertiary alicyclic amines) is 1. The fourth-order valence-electron chi connectivity index (χ4n) is 2.34. The molecule has 2 rings (SSSR count). The molecule has 132 valence electrons. The highest BCUT2D eigenvalue weighted by Gasteiger charge is 2.41. The second-order valence-corrected chi connectivity index (χ2v) is 7.53. The van der Waals surface area contributed by atoms with Gasteiger partial charge in [0.25, 0.3) is 0 Å². The Labute approximate surface area is 148 Å². The normalized spacial score (nSPS) is 20.8. The van der Waals surface area contributed by atoms with Gasteiger partial charge < -0.3 is 10.1 Å². The Morgan fingerprint density at radius 2 is 2.08 bits per heavy atom. The van der Waals surface area contributed by atoms with Gasteiger partial charge in [0.1, 0.15) is 28.2 Å². The van der Waals surface area contributed by atoms with E-state index < -0.39 is 29.8 Å².